The molecular formula is C19H13BrN2. The van der Waals surface area contributed by atoms with E-state index < -0.39 is 5.54 Å². The Bertz CT molecular complexity index is 841. The first-order valence-corrected chi connectivity index (χ1v) is 7.94. The summed E-state index contributed by atoms with van der Waals surface area (Å²) in [6.45, 7) is 0. The molecule has 0 aromatic heterocycles. The second-order valence-electron chi connectivity index (χ2n) is 5.30. The van der Waals surface area contributed by atoms with Crippen molar-refractivity contribution in [1.29, 1.82) is 0 Å². The van der Waals surface area contributed by atoms with Gasteiger partial charge in [0.15, 0.2) is 5.54 Å². The standard InChI is InChI=1S/C19H13BrN2/c20-16-12-10-15(11-13-16)19(14-6-2-1-3-7-14)17-8-4-5-9-18(17)21-22-19/h1-13H. The minimum Gasteiger partial charge on any atom is -0.167 e. The molecule has 0 radical (unpaired) electrons. The Balaban J connectivity index is 2.03. The highest BCUT2D eigenvalue weighted by Crippen LogP contribution is 2.49. The van der Waals surface area contributed by atoms with E-state index >= 15 is 0 Å². The van der Waals surface area contributed by atoms with Crippen LogP contribution in [0.1, 0.15) is 16.7 Å². The maximum absolute atomic E-state index is 4.72. The third-order valence-corrected chi connectivity index (χ3v) is 4.58. The van der Waals surface area contributed by atoms with Gasteiger partial charge in [0.2, 0.25) is 0 Å². The lowest BCUT2D eigenvalue weighted by atomic mass is 9.78. The molecule has 0 bridgehead atoms. The van der Waals surface area contributed by atoms with Gasteiger partial charge in [0, 0.05) is 10.0 Å². The lowest BCUT2D eigenvalue weighted by molar-refractivity contribution is 0.652. The van der Waals surface area contributed by atoms with Crippen LogP contribution in [-0.2, 0) is 5.54 Å². The van der Waals surface area contributed by atoms with Gasteiger partial charge in [-0.3, -0.25) is 0 Å². The van der Waals surface area contributed by atoms with Gasteiger partial charge >= 0.3 is 0 Å². The van der Waals surface area contributed by atoms with Crippen LogP contribution in [0, 0.1) is 0 Å². The van der Waals surface area contributed by atoms with Crippen molar-refractivity contribution in [2.75, 3.05) is 0 Å². The number of azo groups is 1. The Morgan fingerprint density at radius 1 is 0.682 bits per heavy atom. The van der Waals surface area contributed by atoms with E-state index in [1.807, 2.05) is 36.4 Å². The number of benzene rings is 3. The molecular weight excluding hydrogens is 336 g/mol. The van der Waals surface area contributed by atoms with Crippen molar-refractivity contribution >= 4 is 21.6 Å². The second kappa shape index (κ2) is 5.18. The van der Waals surface area contributed by atoms with Crippen molar-refractivity contribution in [3.8, 4) is 0 Å². The summed E-state index contributed by atoms with van der Waals surface area (Å²) in [4.78, 5) is 0. The van der Waals surface area contributed by atoms with Crippen LogP contribution < -0.4 is 0 Å². The van der Waals surface area contributed by atoms with Gasteiger partial charge in [0.25, 0.3) is 0 Å². The topological polar surface area (TPSA) is 24.7 Å². The number of hydrogen-bond acceptors (Lipinski definition) is 2. The zero-order chi connectivity index (χ0) is 15.0. The fourth-order valence-electron chi connectivity index (χ4n) is 3.01. The predicted octanol–water partition coefficient (Wildman–Crippen LogP) is 5.84. The van der Waals surface area contributed by atoms with Crippen LogP contribution in [0.3, 0.4) is 0 Å². The molecule has 1 heterocycles. The van der Waals surface area contributed by atoms with Crippen LogP contribution in [0.25, 0.3) is 0 Å². The summed E-state index contributed by atoms with van der Waals surface area (Å²) >= 11 is 3.51. The maximum atomic E-state index is 4.72. The SMILES string of the molecule is Brc1ccc(C2(c3ccccc3)N=Nc3ccccc32)cc1. The molecule has 0 fully saturated rings. The molecule has 0 saturated carbocycles. The van der Waals surface area contributed by atoms with Gasteiger partial charge in [-0.25, -0.2) is 0 Å². The van der Waals surface area contributed by atoms with Gasteiger partial charge in [0.05, 0.1) is 5.69 Å². The summed E-state index contributed by atoms with van der Waals surface area (Å²) < 4.78 is 1.06. The van der Waals surface area contributed by atoms with E-state index in [1.54, 1.807) is 0 Å². The zero-order valence-corrected chi connectivity index (χ0v) is 13.4. The van der Waals surface area contributed by atoms with Crippen LogP contribution in [0.15, 0.2) is 93.6 Å². The van der Waals surface area contributed by atoms with Crippen molar-refractivity contribution in [3.05, 3.63) is 100 Å². The minimum absolute atomic E-state index is 0.557. The molecule has 1 unspecified atom stereocenters. The lowest BCUT2D eigenvalue weighted by Crippen LogP contribution is -2.24. The monoisotopic (exact) mass is 348 g/mol. The summed E-state index contributed by atoms with van der Waals surface area (Å²) in [5, 5.41) is 9.16. The molecule has 3 aromatic carbocycles. The number of halogens is 1. The van der Waals surface area contributed by atoms with Crippen molar-refractivity contribution in [3.63, 3.8) is 0 Å². The molecule has 1 aliphatic heterocycles. The highest BCUT2D eigenvalue weighted by atomic mass is 79.9. The van der Waals surface area contributed by atoms with E-state index in [0.717, 1.165) is 26.9 Å². The third kappa shape index (κ3) is 1.93. The summed E-state index contributed by atoms with van der Waals surface area (Å²) in [5.74, 6) is 0. The van der Waals surface area contributed by atoms with E-state index in [4.69, 9.17) is 5.11 Å². The van der Waals surface area contributed by atoms with Crippen molar-refractivity contribution in [2.24, 2.45) is 10.2 Å². The summed E-state index contributed by atoms with van der Waals surface area (Å²) in [7, 11) is 0. The number of fused-ring (bicyclic) bond motifs is 1. The average molecular weight is 349 g/mol. The first-order valence-electron chi connectivity index (χ1n) is 7.15. The fraction of sp³-hybridized carbons (Fsp3) is 0.0526. The van der Waals surface area contributed by atoms with Gasteiger partial charge in [-0.05, 0) is 29.3 Å². The minimum atomic E-state index is -0.557. The van der Waals surface area contributed by atoms with E-state index in [9.17, 15) is 0 Å². The average Bonchev–Trinajstić information content (AvgIpc) is 2.97. The maximum Gasteiger partial charge on any atom is 0.159 e. The van der Waals surface area contributed by atoms with Gasteiger partial charge in [0.1, 0.15) is 0 Å². The van der Waals surface area contributed by atoms with Crippen LogP contribution in [0.2, 0.25) is 0 Å². The molecule has 1 atom stereocenters. The van der Waals surface area contributed by atoms with E-state index in [1.165, 1.54) is 0 Å². The predicted molar refractivity (Wildman–Crippen MR) is 91.4 cm³/mol. The Labute approximate surface area is 137 Å². The summed E-state index contributed by atoms with van der Waals surface area (Å²) in [6, 6.07) is 26.9. The molecule has 1 aliphatic rings. The van der Waals surface area contributed by atoms with Crippen LogP contribution in [0.5, 0.6) is 0 Å². The molecule has 3 heteroatoms. The van der Waals surface area contributed by atoms with Crippen molar-refractivity contribution in [2.45, 2.75) is 5.54 Å². The van der Waals surface area contributed by atoms with Crippen LogP contribution in [-0.4, -0.2) is 0 Å². The first kappa shape index (κ1) is 13.4. The van der Waals surface area contributed by atoms with E-state index in [0.29, 0.717) is 0 Å². The molecule has 0 aliphatic carbocycles. The number of hydrogen-bond donors (Lipinski definition) is 0. The van der Waals surface area contributed by atoms with Gasteiger partial charge in [-0.15, -0.1) is 0 Å². The molecule has 0 saturated heterocycles. The molecule has 22 heavy (non-hydrogen) atoms. The Morgan fingerprint density at radius 3 is 2.09 bits per heavy atom. The molecule has 3 aromatic rings. The quantitative estimate of drug-likeness (QED) is 0.555. The Hall–Kier alpha value is -2.26. The molecule has 106 valence electrons. The molecule has 2 nitrogen and oxygen atoms in total. The fourth-order valence-corrected chi connectivity index (χ4v) is 3.28. The second-order valence-corrected chi connectivity index (χ2v) is 6.22. The summed E-state index contributed by atoms with van der Waals surface area (Å²) in [5.41, 5.74) is 3.76. The number of rotatable bonds is 2. The zero-order valence-electron chi connectivity index (χ0n) is 11.8. The highest BCUT2D eigenvalue weighted by Gasteiger charge is 2.41. The molecule has 0 amide bonds. The lowest BCUT2D eigenvalue weighted by Gasteiger charge is -2.27. The smallest absolute Gasteiger partial charge is 0.159 e. The van der Waals surface area contributed by atoms with Crippen molar-refractivity contribution < 1.29 is 0 Å². The Kier molecular flexibility index (Phi) is 3.16. The van der Waals surface area contributed by atoms with Gasteiger partial charge in [-0.1, -0.05) is 76.6 Å². The Morgan fingerprint density at radius 2 is 1.32 bits per heavy atom. The molecule has 4 rings (SSSR count). The van der Waals surface area contributed by atoms with E-state index in [2.05, 4.69) is 63.5 Å². The molecule has 0 spiro atoms. The van der Waals surface area contributed by atoms with Gasteiger partial charge < -0.3 is 0 Å². The third-order valence-electron chi connectivity index (χ3n) is 4.06. The van der Waals surface area contributed by atoms with Crippen LogP contribution in [0.4, 0.5) is 5.69 Å². The van der Waals surface area contributed by atoms with Gasteiger partial charge in [-0.2, -0.15) is 10.2 Å². The highest BCUT2D eigenvalue weighted by molar-refractivity contribution is 9.10. The first-order chi connectivity index (χ1) is 10.8. The largest absolute Gasteiger partial charge is 0.167 e. The molecule has 0 N–H and O–H groups in total. The van der Waals surface area contributed by atoms with Crippen LogP contribution >= 0.6 is 15.9 Å². The summed E-state index contributed by atoms with van der Waals surface area (Å²) in [6.07, 6.45) is 0. The number of nitrogens with zero attached hydrogens (tertiary/aromatic N) is 2. The van der Waals surface area contributed by atoms with Crippen molar-refractivity contribution in [1.82, 2.24) is 0 Å². The normalized spacial score (nSPS) is 19.1. The van der Waals surface area contributed by atoms with E-state index in [-0.39, 0.29) is 0 Å².